The van der Waals surface area contributed by atoms with E-state index in [9.17, 15) is 22.8 Å². The summed E-state index contributed by atoms with van der Waals surface area (Å²) < 4.78 is 29.6. The van der Waals surface area contributed by atoms with Gasteiger partial charge < -0.3 is 10.1 Å². The van der Waals surface area contributed by atoms with E-state index in [1.54, 1.807) is 18.4 Å². The van der Waals surface area contributed by atoms with Crippen LogP contribution in [0.15, 0.2) is 23.1 Å². The summed E-state index contributed by atoms with van der Waals surface area (Å²) in [5.74, 6) is -0.953. The first-order valence-corrected chi connectivity index (χ1v) is 12.5. The molecular weight excluding hydrogens is 438 g/mol. The van der Waals surface area contributed by atoms with Gasteiger partial charge in [-0.2, -0.15) is 4.31 Å². The molecule has 3 rings (SSSR count). The van der Waals surface area contributed by atoms with Crippen LogP contribution in [0.3, 0.4) is 0 Å². The van der Waals surface area contributed by atoms with Crippen LogP contribution in [0.5, 0.6) is 0 Å². The van der Waals surface area contributed by atoms with E-state index in [1.165, 1.54) is 39.7 Å². The van der Waals surface area contributed by atoms with E-state index in [0.717, 1.165) is 5.57 Å². The van der Waals surface area contributed by atoms with Crippen molar-refractivity contribution < 1.29 is 27.5 Å². The molecule has 2 N–H and O–H groups in total. The monoisotopic (exact) mass is 459 g/mol. The molecule has 3 amide bonds. The molecule has 0 spiro atoms. The predicted octanol–water partition coefficient (Wildman–Crippen LogP) is 1.65. The molecule has 12 heteroatoms. The van der Waals surface area contributed by atoms with Crippen LogP contribution in [-0.2, 0) is 19.6 Å². The summed E-state index contributed by atoms with van der Waals surface area (Å²) in [5.41, 5.74) is 1.10. The Morgan fingerprint density at radius 2 is 2.10 bits per heavy atom. The molecule has 0 bridgehead atoms. The Hall–Kier alpha value is -1.89. The Bertz CT molecular complexity index is 955. The van der Waals surface area contributed by atoms with Crippen LogP contribution in [0.2, 0.25) is 0 Å². The summed E-state index contributed by atoms with van der Waals surface area (Å²) in [5, 5.41) is 6.45. The van der Waals surface area contributed by atoms with Gasteiger partial charge in [-0.3, -0.25) is 14.9 Å². The number of thioether (sulfide) groups is 1. The molecule has 1 aromatic heterocycles. The van der Waals surface area contributed by atoms with Crippen molar-refractivity contribution in [3.05, 3.63) is 28.7 Å². The molecule has 2 atom stereocenters. The number of alkyl carbamates (subject to hydrolysis) is 1. The number of hydrogen-bond donors (Lipinski definition) is 2. The number of rotatable bonds is 5. The minimum atomic E-state index is -3.27. The van der Waals surface area contributed by atoms with Gasteiger partial charge in [0.2, 0.25) is 15.9 Å². The SMILES string of the molecule is CCOC(=O)NC(=O)c1ccsc1NC(=O)C1C=C2CN(S(C)(=O)=O)CCC2S1. The molecule has 1 fully saturated rings. The average Bonchev–Trinajstić information content (AvgIpc) is 3.26. The molecule has 9 nitrogen and oxygen atoms in total. The summed E-state index contributed by atoms with van der Waals surface area (Å²) >= 11 is 2.64. The van der Waals surface area contributed by atoms with Gasteiger partial charge in [0, 0.05) is 18.3 Å². The number of piperidine rings is 1. The number of carbonyl (C=O) groups excluding carboxylic acids is 3. The van der Waals surface area contributed by atoms with Gasteiger partial charge in [0.25, 0.3) is 5.91 Å². The van der Waals surface area contributed by atoms with Gasteiger partial charge in [0.1, 0.15) is 10.3 Å². The van der Waals surface area contributed by atoms with Crippen molar-refractivity contribution in [2.45, 2.75) is 23.8 Å². The smallest absolute Gasteiger partial charge is 0.414 e. The first kappa shape index (κ1) is 21.8. The summed E-state index contributed by atoms with van der Waals surface area (Å²) in [6.07, 6.45) is 2.78. The van der Waals surface area contributed by atoms with Crippen molar-refractivity contribution in [1.29, 1.82) is 0 Å². The van der Waals surface area contributed by atoms with Gasteiger partial charge in [-0.25, -0.2) is 13.2 Å². The fraction of sp³-hybridized carbons (Fsp3) is 0.471. The predicted molar refractivity (Wildman–Crippen MR) is 112 cm³/mol. The minimum absolute atomic E-state index is 0.110. The number of nitrogens with zero attached hydrogens (tertiary/aromatic N) is 1. The van der Waals surface area contributed by atoms with E-state index in [4.69, 9.17) is 0 Å². The quantitative estimate of drug-likeness (QED) is 0.642. The number of fused-ring (bicyclic) bond motifs is 1. The van der Waals surface area contributed by atoms with Crippen LogP contribution >= 0.6 is 23.1 Å². The van der Waals surface area contributed by atoms with E-state index in [0.29, 0.717) is 24.5 Å². The molecule has 0 radical (unpaired) electrons. The first-order valence-electron chi connectivity index (χ1n) is 8.86. The second-order valence-electron chi connectivity index (χ2n) is 6.50. The van der Waals surface area contributed by atoms with Crippen LogP contribution in [0, 0.1) is 0 Å². The zero-order valence-corrected chi connectivity index (χ0v) is 18.3. The van der Waals surface area contributed by atoms with E-state index in [-0.39, 0.29) is 23.3 Å². The third-order valence-electron chi connectivity index (χ3n) is 4.45. The Morgan fingerprint density at radius 3 is 2.79 bits per heavy atom. The van der Waals surface area contributed by atoms with Crippen molar-refractivity contribution in [2.24, 2.45) is 0 Å². The Kier molecular flexibility index (Phi) is 6.66. The summed E-state index contributed by atoms with van der Waals surface area (Å²) in [6.45, 7) is 2.50. The molecule has 2 aliphatic heterocycles. The lowest BCUT2D eigenvalue weighted by Gasteiger charge is -2.29. The van der Waals surface area contributed by atoms with Gasteiger partial charge >= 0.3 is 6.09 Å². The zero-order chi connectivity index (χ0) is 21.2. The van der Waals surface area contributed by atoms with Crippen LogP contribution in [0.25, 0.3) is 0 Å². The molecule has 3 heterocycles. The van der Waals surface area contributed by atoms with Crippen LogP contribution in [0.1, 0.15) is 23.7 Å². The molecule has 2 aliphatic rings. The van der Waals surface area contributed by atoms with Crippen LogP contribution in [0.4, 0.5) is 9.80 Å². The summed E-state index contributed by atoms with van der Waals surface area (Å²) in [7, 11) is -3.27. The third kappa shape index (κ3) is 5.18. The molecule has 29 heavy (non-hydrogen) atoms. The fourth-order valence-electron chi connectivity index (χ4n) is 3.07. The van der Waals surface area contributed by atoms with Crippen LogP contribution in [-0.4, -0.2) is 67.1 Å². The fourth-order valence-corrected chi connectivity index (χ4v) is 6.04. The van der Waals surface area contributed by atoms with E-state index < -0.39 is 27.3 Å². The number of imide groups is 1. The molecule has 2 unspecified atom stereocenters. The lowest BCUT2D eigenvalue weighted by Crippen LogP contribution is -2.39. The van der Waals surface area contributed by atoms with Gasteiger partial charge in [-0.05, 0) is 30.4 Å². The number of hydrogen-bond acceptors (Lipinski definition) is 8. The van der Waals surface area contributed by atoms with Crippen molar-refractivity contribution >= 4 is 56.0 Å². The van der Waals surface area contributed by atoms with Crippen molar-refractivity contribution in [2.75, 3.05) is 31.3 Å². The van der Waals surface area contributed by atoms with E-state index in [1.807, 2.05) is 0 Å². The number of thiophene rings is 1. The molecule has 1 aromatic rings. The maximum atomic E-state index is 12.7. The number of carbonyl (C=O) groups is 3. The Balaban J connectivity index is 1.65. The van der Waals surface area contributed by atoms with Crippen LogP contribution < -0.4 is 10.6 Å². The second-order valence-corrected chi connectivity index (χ2v) is 10.7. The lowest BCUT2D eigenvalue weighted by atomic mass is 10.1. The minimum Gasteiger partial charge on any atom is -0.450 e. The number of sulfonamides is 1. The molecule has 0 aromatic carbocycles. The molecule has 0 aliphatic carbocycles. The van der Waals surface area contributed by atoms with E-state index in [2.05, 4.69) is 15.4 Å². The van der Waals surface area contributed by atoms with Crippen molar-refractivity contribution in [1.82, 2.24) is 9.62 Å². The lowest BCUT2D eigenvalue weighted by molar-refractivity contribution is -0.115. The number of nitrogens with one attached hydrogen (secondary N) is 2. The first-order chi connectivity index (χ1) is 13.7. The Labute approximate surface area is 176 Å². The molecule has 158 valence electrons. The normalized spacial score (nSPS) is 21.8. The van der Waals surface area contributed by atoms with Gasteiger partial charge in [-0.15, -0.1) is 23.1 Å². The topological polar surface area (TPSA) is 122 Å². The van der Waals surface area contributed by atoms with Gasteiger partial charge in [-0.1, -0.05) is 6.08 Å². The highest BCUT2D eigenvalue weighted by atomic mass is 32.2. The summed E-state index contributed by atoms with van der Waals surface area (Å²) in [6, 6.07) is 1.51. The van der Waals surface area contributed by atoms with Gasteiger partial charge in [0.15, 0.2) is 0 Å². The van der Waals surface area contributed by atoms with E-state index >= 15 is 0 Å². The molecule has 1 saturated heterocycles. The molecular formula is C17H21N3O6S3. The number of anilines is 1. The zero-order valence-electron chi connectivity index (χ0n) is 15.8. The standard InChI is InChI=1S/C17H21N3O6S3/c1-3-26-17(23)19-14(21)11-5-7-27-16(11)18-15(22)13-8-10-9-20(29(2,24)25)6-4-12(10)28-13/h5,7-8,12-13H,3-4,6,9H2,1-2H3,(H,18,22)(H,19,21,23). The maximum absolute atomic E-state index is 12.7. The largest absolute Gasteiger partial charge is 0.450 e. The van der Waals surface area contributed by atoms with Crippen molar-refractivity contribution in [3.8, 4) is 0 Å². The van der Waals surface area contributed by atoms with Crippen molar-refractivity contribution in [3.63, 3.8) is 0 Å². The highest BCUT2D eigenvalue weighted by molar-refractivity contribution is 8.01. The second kappa shape index (κ2) is 8.86. The van der Waals surface area contributed by atoms with Gasteiger partial charge in [0.05, 0.1) is 18.4 Å². The number of amides is 3. The Morgan fingerprint density at radius 1 is 1.34 bits per heavy atom. The highest BCUT2D eigenvalue weighted by Crippen LogP contribution is 2.39. The molecule has 0 saturated carbocycles. The summed E-state index contributed by atoms with van der Waals surface area (Å²) in [4.78, 5) is 36.4. The number of ether oxygens (including phenoxy) is 1. The average molecular weight is 460 g/mol. The highest BCUT2D eigenvalue weighted by Gasteiger charge is 2.37. The third-order valence-corrected chi connectivity index (χ3v) is 8.04. The maximum Gasteiger partial charge on any atom is 0.414 e.